The molecular weight excluding hydrogens is 502 g/mol. The number of anilines is 2. The first-order valence-electron chi connectivity index (χ1n) is 13.1. The van der Waals surface area contributed by atoms with Gasteiger partial charge in [-0.05, 0) is 42.3 Å². The molecule has 0 radical (unpaired) electrons. The van der Waals surface area contributed by atoms with Gasteiger partial charge in [0.2, 0.25) is 5.78 Å². The van der Waals surface area contributed by atoms with Crippen LogP contribution in [0.15, 0.2) is 65.4 Å². The van der Waals surface area contributed by atoms with Gasteiger partial charge in [0.1, 0.15) is 31.2 Å². The Morgan fingerprint density at radius 1 is 1.26 bits per heavy atom. The molecule has 1 spiro atoms. The van der Waals surface area contributed by atoms with Crippen LogP contribution in [0.25, 0.3) is 0 Å². The van der Waals surface area contributed by atoms with Crippen LogP contribution in [-0.4, -0.2) is 61.8 Å². The van der Waals surface area contributed by atoms with Crippen molar-refractivity contribution in [3.8, 4) is 5.75 Å². The maximum absolute atomic E-state index is 13.9. The summed E-state index contributed by atoms with van der Waals surface area (Å²) in [5, 5.41) is 3.65. The van der Waals surface area contributed by atoms with Gasteiger partial charge >= 0.3 is 0 Å². The quantitative estimate of drug-likeness (QED) is 0.271. The number of carbonyl (C=O) groups is 3. The minimum absolute atomic E-state index is 0. The van der Waals surface area contributed by atoms with Crippen LogP contribution in [0.5, 0.6) is 5.75 Å². The van der Waals surface area contributed by atoms with Crippen molar-refractivity contribution in [1.82, 2.24) is 0 Å². The van der Waals surface area contributed by atoms with E-state index in [4.69, 9.17) is 4.74 Å². The lowest BCUT2D eigenvalue weighted by Gasteiger charge is -2.53. The molecule has 2 bridgehead atoms. The number of fused-ring (bicyclic) bond motifs is 3. The number of carbonyl (C=O) groups excluding carboxylic acids is 3. The van der Waals surface area contributed by atoms with Gasteiger partial charge in [-0.1, -0.05) is 24.3 Å². The highest BCUT2D eigenvalue weighted by Gasteiger charge is 2.68. The van der Waals surface area contributed by atoms with Crippen molar-refractivity contribution in [3.63, 3.8) is 0 Å². The van der Waals surface area contributed by atoms with Gasteiger partial charge in [0.05, 0.1) is 17.6 Å². The van der Waals surface area contributed by atoms with E-state index in [1.165, 1.54) is 11.1 Å². The van der Waals surface area contributed by atoms with E-state index in [-0.39, 0.29) is 48.1 Å². The second kappa shape index (κ2) is 8.55. The molecule has 1 unspecified atom stereocenters. The first-order chi connectivity index (χ1) is 17.9. The van der Waals surface area contributed by atoms with E-state index < -0.39 is 0 Å². The molecule has 4 aliphatic heterocycles. The predicted molar refractivity (Wildman–Crippen MR) is 140 cm³/mol. The third-order valence-corrected chi connectivity index (χ3v) is 9.69. The molecule has 38 heavy (non-hydrogen) atoms. The second-order valence-corrected chi connectivity index (χ2v) is 11.1. The molecule has 7 rings (SSSR count). The molecule has 1 amide bonds. The number of para-hydroxylation sites is 1. The summed E-state index contributed by atoms with van der Waals surface area (Å²) in [4.78, 5) is 40.1. The zero-order chi connectivity index (χ0) is 25.5. The van der Waals surface area contributed by atoms with E-state index in [9.17, 15) is 14.4 Å². The fourth-order valence-corrected chi connectivity index (χ4v) is 7.95. The van der Waals surface area contributed by atoms with Gasteiger partial charge < -0.3 is 31.8 Å². The summed E-state index contributed by atoms with van der Waals surface area (Å²) in [5.74, 6) is 0.670. The largest absolute Gasteiger partial charge is 1.00 e. The van der Waals surface area contributed by atoms with E-state index in [1.54, 1.807) is 24.1 Å². The minimum Gasteiger partial charge on any atom is -1.00 e. The number of allylic oxidation sites excluding steroid dienone is 2. The zero-order valence-corrected chi connectivity index (χ0v) is 22.3. The van der Waals surface area contributed by atoms with Gasteiger partial charge in [0.15, 0.2) is 6.61 Å². The molecule has 1 N–H and O–H groups in total. The van der Waals surface area contributed by atoms with Crippen LogP contribution >= 0.6 is 0 Å². The zero-order valence-electron chi connectivity index (χ0n) is 21.5. The van der Waals surface area contributed by atoms with Crippen molar-refractivity contribution >= 4 is 29.4 Å². The summed E-state index contributed by atoms with van der Waals surface area (Å²) in [5.41, 5.74) is 6.51. The highest BCUT2D eigenvalue weighted by atomic mass is 35.5. The number of ether oxygens (including phenoxy) is 1. The number of hydrogen-bond donors (Lipinski definition) is 1. The number of halogens is 1. The number of aldehydes is 1. The molecule has 0 aromatic heterocycles. The van der Waals surface area contributed by atoms with Crippen LogP contribution in [-0.2, 0) is 15.0 Å². The minimum atomic E-state index is -0.265. The number of nitrogens with one attached hydrogen (secondary N) is 1. The summed E-state index contributed by atoms with van der Waals surface area (Å²) in [7, 11) is 1.72. The van der Waals surface area contributed by atoms with E-state index in [1.807, 2.05) is 19.1 Å². The van der Waals surface area contributed by atoms with Gasteiger partial charge in [-0.3, -0.25) is 14.4 Å². The predicted octanol–water partition coefficient (Wildman–Crippen LogP) is 0.614. The lowest BCUT2D eigenvalue weighted by molar-refractivity contribution is -0.934. The molecule has 2 fully saturated rings. The molecule has 8 heteroatoms. The summed E-state index contributed by atoms with van der Waals surface area (Å²) in [6.07, 6.45) is 4.99. The van der Waals surface area contributed by atoms with Gasteiger partial charge in [0, 0.05) is 48.3 Å². The number of nitrogens with zero attached hydrogens (tertiary/aromatic N) is 2. The molecule has 4 heterocycles. The Morgan fingerprint density at radius 3 is 2.87 bits per heavy atom. The topological polar surface area (TPSA) is 75.7 Å². The van der Waals surface area contributed by atoms with Crippen LogP contribution < -0.4 is 27.4 Å². The lowest BCUT2D eigenvalue weighted by Crippen LogP contribution is -3.00. The average Bonchev–Trinajstić information content (AvgIpc) is 3.44. The highest BCUT2D eigenvalue weighted by Crippen LogP contribution is 2.63. The molecule has 1 aliphatic carbocycles. The van der Waals surface area contributed by atoms with E-state index >= 15 is 0 Å². The molecule has 5 aliphatic rings. The van der Waals surface area contributed by atoms with Gasteiger partial charge in [-0.15, -0.1) is 0 Å². The Balaban J connectivity index is 0.00000264. The highest BCUT2D eigenvalue weighted by molar-refractivity contribution is 6.02. The van der Waals surface area contributed by atoms with Crippen LogP contribution in [0, 0.1) is 5.92 Å². The first-order valence-corrected chi connectivity index (χ1v) is 13.1. The lowest BCUT2D eigenvalue weighted by atomic mass is 9.61. The number of amides is 1. The monoisotopic (exact) mass is 531 g/mol. The first kappa shape index (κ1) is 24.9. The summed E-state index contributed by atoms with van der Waals surface area (Å²) in [6, 6.07) is 14.0. The van der Waals surface area contributed by atoms with Crippen LogP contribution in [0.1, 0.15) is 35.7 Å². The van der Waals surface area contributed by atoms with Crippen molar-refractivity contribution in [2.45, 2.75) is 31.2 Å². The number of quaternary nitrogens is 1. The molecule has 0 saturated carbocycles. The number of benzene rings is 2. The molecule has 2 aromatic rings. The van der Waals surface area contributed by atoms with Crippen molar-refractivity contribution in [2.24, 2.45) is 5.92 Å². The molecule has 2 saturated heterocycles. The van der Waals surface area contributed by atoms with Gasteiger partial charge in [-0.2, -0.15) is 0 Å². The van der Waals surface area contributed by atoms with E-state index in [0.717, 1.165) is 49.2 Å². The second-order valence-electron chi connectivity index (χ2n) is 11.1. The Kier molecular flexibility index (Phi) is 5.60. The molecule has 7 nitrogen and oxygen atoms in total. The maximum atomic E-state index is 13.9. The van der Waals surface area contributed by atoms with Crippen LogP contribution in [0.2, 0.25) is 0 Å². The number of rotatable bonds is 4. The number of ketones is 1. The maximum Gasteiger partial charge on any atom is 0.264 e. The molecule has 196 valence electrons. The third-order valence-electron chi connectivity index (χ3n) is 9.69. The third kappa shape index (κ3) is 3.09. The number of piperidine rings is 1. The SMILES string of the molecule is C/C=C1/C[N+]2(CC(=O)c3ccc4c(c3)N(C)C(=O)CO4)CC[C@]34C(=C(C=O)[C@H]1C[C@@H]32)Nc1ccccc14.[Cl-]. The Labute approximate surface area is 228 Å². The molecule has 2 aromatic carbocycles. The van der Waals surface area contributed by atoms with Crippen molar-refractivity contribution in [1.29, 1.82) is 0 Å². The van der Waals surface area contributed by atoms with Crippen LogP contribution in [0.4, 0.5) is 11.4 Å². The summed E-state index contributed by atoms with van der Waals surface area (Å²) >= 11 is 0. The average molecular weight is 532 g/mol. The van der Waals surface area contributed by atoms with Crippen molar-refractivity contribution < 1.29 is 36.0 Å². The van der Waals surface area contributed by atoms with E-state index in [0.29, 0.717) is 28.0 Å². The Hall–Kier alpha value is -3.42. The number of Topliss-reactive ketones (excluding diaryl/α,β-unsaturated/α-hetero) is 1. The van der Waals surface area contributed by atoms with Crippen molar-refractivity contribution in [3.05, 3.63) is 76.5 Å². The molecule has 4 atom stereocenters. The number of likely N-dealkylation sites (N-methyl/N-ethyl adjacent to an activating group) is 1. The van der Waals surface area contributed by atoms with Gasteiger partial charge in [0.25, 0.3) is 5.91 Å². The fraction of sp³-hybridized carbons (Fsp3) is 0.367. The summed E-state index contributed by atoms with van der Waals surface area (Å²) in [6.45, 7) is 4.10. The fourth-order valence-electron chi connectivity index (χ4n) is 7.95. The summed E-state index contributed by atoms with van der Waals surface area (Å²) < 4.78 is 6.26. The van der Waals surface area contributed by atoms with E-state index in [2.05, 4.69) is 29.6 Å². The standard InChI is InChI=1S/C30H29N3O4.ClH/c1-3-18-14-33(15-25(35)19-8-9-26-24(12-19)32(2)28(36)17-37-26)11-10-30-22-6-4-5-7-23(22)31-29(30)21(16-34)20(18)13-27(30)33;/h3-9,12,16,20,27H,10-11,13-15,17H2,1-2H3;1H/b18-3-;/t20-,27-,30+,33?;/m0./s1. The van der Waals surface area contributed by atoms with Gasteiger partial charge in [-0.25, -0.2) is 0 Å². The smallest absolute Gasteiger partial charge is 0.264 e. The van der Waals surface area contributed by atoms with Crippen LogP contribution in [0.3, 0.4) is 0 Å². The normalized spacial score (nSPS) is 31.1. The Morgan fingerprint density at radius 2 is 2.08 bits per heavy atom. The van der Waals surface area contributed by atoms with Crippen molar-refractivity contribution in [2.75, 3.05) is 43.5 Å². The Bertz CT molecular complexity index is 1470. The number of hydrogen-bond acceptors (Lipinski definition) is 5. The molecular formula is C30H30ClN3O4.